The van der Waals surface area contributed by atoms with Gasteiger partial charge in [0.2, 0.25) is 0 Å². The van der Waals surface area contributed by atoms with E-state index in [4.69, 9.17) is 9.47 Å². The summed E-state index contributed by atoms with van der Waals surface area (Å²) in [6.07, 6.45) is 3.01. The molecule has 0 aromatic heterocycles. The van der Waals surface area contributed by atoms with E-state index in [-0.39, 0.29) is 18.6 Å². The smallest absolute Gasteiger partial charge is 0.328 e. The van der Waals surface area contributed by atoms with Crippen molar-refractivity contribution in [3.63, 3.8) is 0 Å². The highest BCUT2D eigenvalue weighted by molar-refractivity contribution is 6.06. The Kier molecular flexibility index (Phi) is 4.49. The van der Waals surface area contributed by atoms with Gasteiger partial charge in [0.05, 0.1) is 0 Å². The lowest BCUT2D eigenvalue weighted by Crippen LogP contribution is -2.61. The van der Waals surface area contributed by atoms with Crippen LogP contribution in [0.1, 0.15) is 61.5 Å². The highest BCUT2D eigenvalue weighted by atomic mass is 16.7. The molecule has 5 heteroatoms. The average Bonchev–Trinajstić information content (AvgIpc) is 3.20. The SMILES string of the molecule is O=C1CC(c2ccccc2)C2(C(=O)OC3(CCCC3)OC2=O)C(c2ccccc2)C1. The third kappa shape index (κ3) is 2.79. The molecule has 3 fully saturated rings. The number of carbonyl (C=O) groups is 3. The van der Waals surface area contributed by atoms with Crippen molar-refractivity contribution in [3.8, 4) is 0 Å². The van der Waals surface area contributed by atoms with Gasteiger partial charge in [0.25, 0.3) is 5.79 Å². The fourth-order valence-corrected chi connectivity index (χ4v) is 5.53. The van der Waals surface area contributed by atoms with E-state index >= 15 is 0 Å². The number of rotatable bonds is 2. The molecule has 0 bridgehead atoms. The topological polar surface area (TPSA) is 69.7 Å². The van der Waals surface area contributed by atoms with E-state index in [9.17, 15) is 14.4 Å². The minimum absolute atomic E-state index is 0.0325. The summed E-state index contributed by atoms with van der Waals surface area (Å²) in [5, 5.41) is 0. The normalized spacial score (nSPS) is 27.1. The molecule has 0 amide bonds. The van der Waals surface area contributed by atoms with E-state index in [1.165, 1.54) is 0 Å². The summed E-state index contributed by atoms with van der Waals surface area (Å²) in [7, 11) is 0. The fraction of sp³-hybridized carbons (Fsp3) is 0.400. The van der Waals surface area contributed by atoms with Crippen LogP contribution in [0.5, 0.6) is 0 Å². The molecule has 2 aromatic rings. The van der Waals surface area contributed by atoms with Crippen LogP contribution in [0.4, 0.5) is 0 Å². The highest BCUT2D eigenvalue weighted by Gasteiger charge is 2.68. The Morgan fingerprint density at radius 3 is 1.53 bits per heavy atom. The summed E-state index contributed by atoms with van der Waals surface area (Å²) in [4.78, 5) is 40.4. The third-order valence-corrected chi connectivity index (χ3v) is 6.97. The fourth-order valence-electron chi connectivity index (χ4n) is 5.53. The molecule has 2 unspecified atom stereocenters. The predicted octanol–water partition coefficient (Wildman–Crippen LogP) is 4.27. The number of benzene rings is 2. The van der Waals surface area contributed by atoms with Gasteiger partial charge in [0, 0.05) is 37.5 Å². The Balaban J connectivity index is 1.68. The molecule has 1 aliphatic heterocycles. The lowest BCUT2D eigenvalue weighted by molar-refractivity contribution is -0.265. The molecule has 2 aliphatic carbocycles. The second-order valence-electron chi connectivity index (χ2n) is 8.64. The number of hydrogen-bond acceptors (Lipinski definition) is 5. The Hall–Kier alpha value is -2.95. The molecule has 0 N–H and O–H groups in total. The zero-order chi connectivity index (χ0) is 20.8. The van der Waals surface area contributed by atoms with Crippen molar-refractivity contribution >= 4 is 17.7 Å². The van der Waals surface area contributed by atoms with Gasteiger partial charge in [-0.25, -0.2) is 0 Å². The summed E-state index contributed by atoms with van der Waals surface area (Å²) >= 11 is 0. The van der Waals surface area contributed by atoms with Gasteiger partial charge in [-0.2, -0.15) is 0 Å². The second kappa shape index (κ2) is 7.08. The van der Waals surface area contributed by atoms with Crippen molar-refractivity contribution in [2.24, 2.45) is 5.41 Å². The van der Waals surface area contributed by atoms with E-state index in [0.717, 1.165) is 24.0 Å². The van der Waals surface area contributed by atoms with E-state index in [1.807, 2.05) is 60.7 Å². The van der Waals surface area contributed by atoms with E-state index in [0.29, 0.717) is 12.8 Å². The summed E-state index contributed by atoms with van der Waals surface area (Å²) < 4.78 is 11.9. The number of hydrogen-bond donors (Lipinski definition) is 0. The Labute approximate surface area is 175 Å². The molecule has 1 saturated heterocycles. The highest BCUT2D eigenvalue weighted by Crippen LogP contribution is 2.59. The summed E-state index contributed by atoms with van der Waals surface area (Å²) in [5.74, 6) is -3.44. The predicted molar refractivity (Wildman–Crippen MR) is 108 cm³/mol. The lowest BCUT2D eigenvalue weighted by Gasteiger charge is -2.50. The zero-order valence-corrected chi connectivity index (χ0v) is 16.7. The summed E-state index contributed by atoms with van der Waals surface area (Å²) in [6.45, 7) is 0. The van der Waals surface area contributed by atoms with E-state index < -0.39 is 35.0 Å². The van der Waals surface area contributed by atoms with Crippen LogP contribution in [0.2, 0.25) is 0 Å². The van der Waals surface area contributed by atoms with Crippen LogP contribution in [-0.4, -0.2) is 23.5 Å². The van der Waals surface area contributed by atoms with Crippen molar-refractivity contribution in [3.05, 3.63) is 71.8 Å². The molecule has 154 valence electrons. The summed E-state index contributed by atoms with van der Waals surface area (Å²) in [5.41, 5.74) is -0.00437. The largest absolute Gasteiger partial charge is 0.422 e. The first-order chi connectivity index (χ1) is 14.6. The van der Waals surface area contributed by atoms with Gasteiger partial charge in [0.1, 0.15) is 5.78 Å². The maximum atomic E-state index is 13.8. The minimum Gasteiger partial charge on any atom is -0.422 e. The van der Waals surface area contributed by atoms with Gasteiger partial charge in [0.15, 0.2) is 5.41 Å². The molecule has 3 aliphatic rings. The van der Waals surface area contributed by atoms with Gasteiger partial charge in [-0.05, 0) is 24.0 Å². The molecule has 2 saturated carbocycles. The van der Waals surface area contributed by atoms with Gasteiger partial charge in [-0.3, -0.25) is 14.4 Å². The molecule has 5 nitrogen and oxygen atoms in total. The molecule has 1 heterocycles. The van der Waals surface area contributed by atoms with Crippen molar-refractivity contribution < 1.29 is 23.9 Å². The van der Waals surface area contributed by atoms with Crippen LogP contribution in [0.25, 0.3) is 0 Å². The second-order valence-corrected chi connectivity index (χ2v) is 8.64. The Morgan fingerprint density at radius 2 is 1.10 bits per heavy atom. The van der Waals surface area contributed by atoms with Gasteiger partial charge in [-0.1, -0.05) is 60.7 Å². The van der Waals surface area contributed by atoms with Crippen LogP contribution in [0.3, 0.4) is 0 Å². The first-order valence-corrected chi connectivity index (χ1v) is 10.6. The molecule has 0 radical (unpaired) electrons. The Morgan fingerprint density at radius 1 is 0.667 bits per heavy atom. The first-order valence-electron chi connectivity index (χ1n) is 10.6. The van der Waals surface area contributed by atoms with Crippen LogP contribution in [0, 0.1) is 5.41 Å². The number of ether oxygens (including phenoxy) is 2. The molecule has 2 atom stereocenters. The van der Waals surface area contributed by atoms with Crippen molar-refractivity contribution in [2.75, 3.05) is 0 Å². The molecule has 2 spiro atoms. The van der Waals surface area contributed by atoms with Gasteiger partial charge < -0.3 is 9.47 Å². The van der Waals surface area contributed by atoms with E-state index in [2.05, 4.69) is 0 Å². The summed E-state index contributed by atoms with van der Waals surface area (Å²) in [6, 6.07) is 18.7. The van der Waals surface area contributed by atoms with Crippen molar-refractivity contribution in [1.29, 1.82) is 0 Å². The van der Waals surface area contributed by atoms with Crippen LogP contribution in [0.15, 0.2) is 60.7 Å². The van der Waals surface area contributed by atoms with Crippen LogP contribution < -0.4 is 0 Å². The number of Topliss-reactive ketones (excluding diaryl/α,β-unsaturated/α-hetero) is 1. The number of ketones is 1. The van der Waals surface area contributed by atoms with Gasteiger partial charge >= 0.3 is 11.9 Å². The molecule has 2 aromatic carbocycles. The Bertz CT molecular complexity index is 902. The quantitative estimate of drug-likeness (QED) is 0.552. The lowest BCUT2D eigenvalue weighted by atomic mass is 9.55. The minimum atomic E-state index is -1.57. The van der Waals surface area contributed by atoms with Gasteiger partial charge in [-0.15, -0.1) is 0 Å². The number of carbonyl (C=O) groups excluding carboxylic acids is 3. The van der Waals surface area contributed by atoms with Crippen LogP contribution >= 0.6 is 0 Å². The third-order valence-electron chi connectivity index (χ3n) is 6.97. The molecule has 5 rings (SSSR count). The molecular formula is C25H24O5. The van der Waals surface area contributed by atoms with Crippen molar-refractivity contribution in [2.45, 2.75) is 56.1 Å². The maximum absolute atomic E-state index is 13.8. The van der Waals surface area contributed by atoms with E-state index in [1.54, 1.807) is 0 Å². The monoisotopic (exact) mass is 404 g/mol. The van der Waals surface area contributed by atoms with Crippen LogP contribution in [-0.2, 0) is 23.9 Å². The molecular weight excluding hydrogens is 380 g/mol. The average molecular weight is 404 g/mol. The standard InChI is InChI=1S/C25H24O5/c26-19-15-20(17-9-3-1-4-10-17)25(21(16-19)18-11-5-2-6-12-18)22(27)29-24(30-23(25)28)13-7-8-14-24/h1-6,9-12,20-21H,7-8,13-16H2. The maximum Gasteiger partial charge on any atom is 0.328 e. The zero-order valence-electron chi connectivity index (χ0n) is 16.7. The van der Waals surface area contributed by atoms with Crippen molar-refractivity contribution in [1.82, 2.24) is 0 Å². The molecule has 30 heavy (non-hydrogen) atoms. The number of esters is 2. The first kappa shape index (κ1) is 19.0.